The molecule has 0 unspecified atom stereocenters. The van der Waals surface area contributed by atoms with Crippen LogP contribution < -0.4 is 0 Å². The van der Waals surface area contributed by atoms with Crippen LogP contribution in [0.3, 0.4) is 0 Å². The second-order valence-corrected chi connectivity index (χ2v) is 4.01. The number of hydrogen-bond acceptors (Lipinski definition) is 1. The number of alkyl halides is 5. The Kier molecular flexibility index (Phi) is 2.41. The van der Waals surface area contributed by atoms with Gasteiger partial charge in [-0.2, -0.15) is 22.0 Å². The summed E-state index contributed by atoms with van der Waals surface area (Å²) in [6.45, 7) is 0. The molecule has 0 aliphatic carbocycles. The second kappa shape index (κ2) is 3.41. The molecule has 0 spiro atoms. The molecule has 2 rings (SSSR count). The van der Waals surface area contributed by atoms with E-state index >= 15 is 0 Å². The third-order valence-electron chi connectivity index (χ3n) is 2.12. The maximum atomic E-state index is 13.1. The van der Waals surface area contributed by atoms with E-state index in [0.717, 1.165) is 17.4 Å². The molecule has 0 bridgehead atoms. The molecule has 16 heavy (non-hydrogen) atoms. The number of fused-ring (bicyclic) bond motifs is 1. The SMILES string of the molecule is FC(F)(F)C(F)(F)c1cccc2c[c]sc12. The molecular weight excluding hydrogens is 247 g/mol. The van der Waals surface area contributed by atoms with Crippen LogP contribution in [0.1, 0.15) is 5.56 Å². The predicted octanol–water partition coefficient (Wildman–Crippen LogP) is 4.36. The van der Waals surface area contributed by atoms with Gasteiger partial charge in [0, 0.05) is 15.6 Å². The van der Waals surface area contributed by atoms with Gasteiger partial charge in [0.1, 0.15) is 0 Å². The fraction of sp³-hybridized carbons (Fsp3) is 0.200. The molecule has 1 heterocycles. The summed E-state index contributed by atoms with van der Waals surface area (Å²) >= 11 is 0.752. The molecule has 1 aromatic heterocycles. The van der Waals surface area contributed by atoms with Crippen LogP contribution in [0.2, 0.25) is 0 Å². The predicted molar refractivity (Wildman–Crippen MR) is 50.6 cm³/mol. The Balaban J connectivity index is 2.68. The minimum absolute atomic E-state index is 0.0789. The third kappa shape index (κ3) is 1.57. The minimum Gasteiger partial charge on any atom is -0.191 e. The lowest BCUT2D eigenvalue weighted by Crippen LogP contribution is -2.33. The van der Waals surface area contributed by atoms with Crippen molar-refractivity contribution in [2.45, 2.75) is 12.1 Å². The number of thiophene rings is 1. The van der Waals surface area contributed by atoms with E-state index in [0.29, 0.717) is 5.39 Å². The van der Waals surface area contributed by atoms with Crippen molar-refractivity contribution in [1.29, 1.82) is 0 Å². The summed E-state index contributed by atoms with van der Waals surface area (Å²) < 4.78 is 62.8. The molecule has 0 atom stereocenters. The summed E-state index contributed by atoms with van der Waals surface area (Å²) in [5.74, 6) is -4.83. The lowest BCUT2D eigenvalue weighted by Gasteiger charge is -2.20. The highest BCUT2D eigenvalue weighted by molar-refractivity contribution is 7.16. The summed E-state index contributed by atoms with van der Waals surface area (Å²) in [6.07, 6.45) is -5.58. The molecule has 0 aliphatic rings. The van der Waals surface area contributed by atoms with Crippen molar-refractivity contribution in [2.75, 3.05) is 0 Å². The Labute approximate surface area is 91.3 Å². The molecule has 85 valence electrons. The Morgan fingerprint density at radius 2 is 1.75 bits per heavy atom. The van der Waals surface area contributed by atoms with Crippen LogP contribution in [0, 0.1) is 5.38 Å². The van der Waals surface area contributed by atoms with Gasteiger partial charge in [0.15, 0.2) is 0 Å². The van der Waals surface area contributed by atoms with Gasteiger partial charge in [0.2, 0.25) is 0 Å². The molecule has 0 saturated carbocycles. The van der Waals surface area contributed by atoms with E-state index < -0.39 is 17.7 Å². The summed E-state index contributed by atoms with van der Waals surface area (Å²) in [5, 5.41) is 2.88. The van der Waals surface area contributed by atoms with Crippen LogP contribution in [0.5, 0.6) is 0 Å². The van der Waals surface area contributed by atoms with E-state index in [1.807, 2.05) is 0 Å². The summed E-state index contributed by atoms with van der Waals surface area (Å²) in [6, 6.07) is 4.83. The highest BCUT2D eigenvalue weighted by Crippen LogP contribution is 2.46. The lowest BCUT2D eigenvalue weighted by atomic mass is 10.1. The van der Waals surface area contributed by atoms with Crippen molar-refractivity contribution < 1.29 is 22.0 Å². The van der Waals surface area contributed by atoms with Gasteiger partial charge in [0.25, 0.3) is 0 Å². The quantitative estimate of drug-likeness (QED) is 0.661. The number of benzene rings is 1. The number of halogens is 5. The zero-order valence-corrected chi connectivity index (χ0v) is 8.42. The fourth-order valence-electron chi connectivity index (χ4n) is 1.33. The second-order valence-electron chi connectivity index (χ2n) is 3.16. The van der Waals surface area contributed by atoms with E-state index in [4.69, 9.17) is 0 Å². The average Bonchev–Trinajstić information content (AvgIpc) is 2.62. The van der Waals surface area contributed by atoms with Crippen LogP contribution in [0.4, 0.5) is 22.0 Å². The summed E-state index contributed by atoms with van der Waals surface area (Å²) in [7, 11) is 0. The van der Waals surface area contributed by atoms with Gasteiger partial charge in [-0.05, 0) is 11.5 Å². The van der Waals surface area contributed by atoms with Crippen molar-refractivity contribution in [3.8, 4) is 0 Å². The van der Waals surface area contributed by atoms with Gasteiger partial charge < -0.3 is 0 Å². The van der Waals surface area contributed by atoms with Gasteiger partial charge in [-0.25, -0.2) is 0 Å². The highest BCUT2D eigenvalue weighted by Gasteiger charge is 2.59. The molecule has 0 nitrogen and oxygen atoms in total. The van der Waals surface area contributed by atoms with E-state index in [1.54, 1.807) is 0 Å². The molecule has 2 aromatic rings. The highest BCUT2D eigenvalue weighted by atomic mass is 32.1. The van der Waals surface area contributed by atoms with Crippen LogP contribution in [-0.2, 0) is 5.92 Å². The Morgan fingerprint density at radius 3 is 2.38 bits per heavy atom. The van der Waals surface area contributed by atoms with Crippen molar-refractivity contribution >= 4 is 21.4 Å². The van der Waals surface area contributed by atoms with E-state index in [2.05, 4.69) is 5.38 Å². The molecule has 0 aliphatic heterocycles. The van der Waals surface area contributed by atoms with Crippen LogP contribution in [-0.4, -0.2) is 6.18 Å². The zero-order chi connectivity index (χ0) is 12.0. The molecule has 0 amide bonds. The minimum atomic E-state index is -5.58. The maximum Gasteiger partial charge on any atom is 0.458 e. The van der Waals surface area contributed by atoms with Gasteiger partial charge in [0.05, 0.1) is 0 Å². The largest absolute Gasteiger partial charge is 0.458 e. The molecule has 1 radical (unpaired) electrons. The van der Waals surface area contributed by atoms with Gasteiger partial charge in [-0.3, -0.25) is 0 Å². The van der Waals surface area contributed by atoms with Crippen LogP contribution in [0.25, 0.3) is 10.1 Å². The number of rotatable bonds is 1. The van der Waals surface area contributed by atoms with Crippen molar-refractivity contribution in [2.24, 2.45) is 0 Å². The van der Waals surface area contributed by atoms with E-state index in [1.165, 1.54) is 18.2 Å². The Bertz CT molecular complexity index is 511. The van der Waals surface area contributed by atoms with E-state index in [-0.39, 0.29) is 4.70 Å². The standard InChI is InChI=1S/C10H4F5S/c11-9(12,10(13,14)15)7-3-1-2-6-4-5-16-8(6)7/h1-4H. The topological polar surface area (TPSA) is 0 Å². The maximum absolute atomic E-state index is 13.1. The molecule has 0 saturated heterocycles. The van der Waals surface area contributed by atoms with Crippen LogP contribution >= 0.6 is 11.3 Å². The normalized spacial score (nSPS) is 13.3. The molecule has 6 heteroatoms. The first-order chi connectivity index (χ1) is 7.34. The van der Waals surface area contributed by atoms with Gasteiger partial charge >= 0.3 is 12.1 Å². The smallest absolute Gasteiger partial charge is 0.191 e. The van der Waals surface area contributed by atoms with E-state index in [9.17, 15) is 22.0 Å². The molecule has 0 fully saturated rings. The molecule has 1 aromatic carbocycles. The fourth-order valence-corrected chi connectivity index (χ4v) is 2.19. The van der Waals surface area contributed by atoms with Gasteiger partial charge in [-0.15, -0.1) is 11.3 Å². The lowest BCUT2D eigenvalue weighted by molar-refractivity contribution is -0.288. The van der Waals surface area contributed by atoms with Gasteiger partial charge in [-0.1, -0.05) is 18.2 Å². The average molecular weight is 251 g/mol. The Hall–Kier alpha value is -1.17. The number of hydrogen-bond donors (Lipinski definition) is 0. The zero-order valence-electron chi connectivity index (χ0n) is 7.61. The summed E-state index contributed by atoms with van der Waals surface area (Å²) in [4.78, 5) is 0. The summed E-state index contributed by atoms with van der Waals surface area (Å²) in [5.41, 5.74) is -1.01. The first-order valence-electron chi connectivity index (χ1n) is 4.17. The van der Waals surface area contributed by atoms with Crippen molar-refractivity contribution in [3.63, 3.8) is 0 Å². The van der Waals surface area contributed by atoms with Crippen LogP contribution in [0.15, 0.2) is 24.3 Å². The monoisotopic (exact) mass is 251 g/mol. The Morgan fingerprint density at radius 1 is 1.06 bits per heavy atom. The van der Waals surface area contributed by atoms with Crippen molar-refractivity contribution in [1.82, 2.24) is 0 Å². The molecule has 0 N–H and O–H groups in total. The molecular formula is C10H4F5S. The first kappa shape index (κ1) is 11.3. The van der Waals surface area contributed by atoms with Crippen molar-refractivity contribution in [3.05, 3.63) is 35.2 Å². The first-order valence-corrected chi connectivity index (χ1v) is 4.99. The third-order valence-corrected chi connectivity index (χ3v) is 3.01.